The highest BCUT2D eigenvalue weighted by molar-refractivity contribution is 8.74. The summed E-state index contributed by atoms with van der Waals surface area (Å²) < 4.78 is 29.0. The van der Waals surface area contributed by atoms with Crippen LogP contribution >= 0.6 is 22.5 Å². The summed E-state index contributed by atoms with van der Waals surface area (Å²) in [5.41, 5.74) is 0. The molecular formula is C13H27FN2O4S2. The topological polar surface area (TPSA) is 68.8 Å². The van der Waals surface area contributed by atoms with Crippen LogP contribution in [0.3, 0.4) is 0 Å². The minimum Gasteiger partial charge on any atom is -0.378 e. The molecule has 132 valence electrons. The number of carbonyl (C=O) groups excluding carboxylic acids is 1. The van der Waals surface area contributed by atoms with Gasteiger partial charge < -0.3 is 24.8 Å². The van der Waals surface area contributed by atoms with Crippen LogP contribution in [-0.2, 0) is 14.2 Å². The Labute approximate surface area is 141 Å². The van der Waals surface area contributed by atoms with Gasteiger partial charge in [-0.05, 0) is 0 Å². The van der Waals surface area contributed by atoms with Crippen LogP contribution in [0, 0.1) is 0 Å². The number of amides is 1. The van der Waals surface area contributed by atoms with Gasteiger partial charge in [-0.1, -0.05) is 13.8 Å². The predicted molar refractivity (Wildman–Crippen MR) is 90.5 cm³/mol. The van der Waals surface area contributed by atoms with E-state index < -0.39 is 6.17 Å². The first kappa shape index (κ1) is 21.9. The van der Waals surface area contributed by atoms with Crippen LogP contribution in [0.25, 0.3) is 0 Å². The Morgan fingerprint density at radius 1 is 1.14 bits per heavy atom. The number of nitrogens with one attached hydrogen (secondary N) is 2. The number of hydrogen-bond acceptors (Lipinski definition) is 7. The predicted octanol–water partition coefficient (Wildman–Crippen LogP) is 1.66. The maximum atomic E-state index is 13.3. The van der Waals surface area contributed by atoms with Gasteiger partial charge in [0.1, 0.15) is 6.17 Å². The van der Waals surface area contributed by atoms with Crippen molar-refractivity contribution in [2.45, 2.75) is 26.1 Å². The van der Waals surface area contributed by atoms with Gasteiger partial charge >= 0.3 is 0 Å². The third-order valence-electron chi connectivity index (χ3n) is 2.39. The molecule has 0 rings (SSSR count). The van der Waals surface area contributed by atoms with Crippen molar-refractivity contribution in [3.8, 4) is 0 Å². The molecule has 0 bridgehead atoms. The fraction of sp³-hybridized carbons (Fsp3) is 0.923. The van der Waals surface area contributed by atoms with Gasteiger partial charge in [-0.2, -0.15) is 0 Å². The molecule has 0 heterocycles. The second-order valence-corrected chi connectivity index (χ2v) is 5.87. The summed E-state index contributed by atoms with van der Waals surface area (Å²) in [5.74, 6) is 0. The van der Waals surface area contributed by atoms with Crippen LogP contribution in [0.15, 0.2) is 0 Å². The fourth-order valence-corrected chi connectivity index (χ4v) is 1.70. The zero-order valence-corrected chi connectivity index (χ0v) is 14.9. The largest absolute Gasteiger partial charge is 0.378 e. The van der Waals surface area contributed by atoms with E-state index in [0.717, 1.165) is 6.54 Å². The molecule has 0 aromatic rings. The number of ether oxygens (including phenoxy) is 3. The van der Waals surface area contributed by atoms with Crippen molar-refractivity contribution < 1.29 is 23.4 Å². The first-order valence-electron chi connectivity index (χ1n) is 7.26. The number of halogens is 1. The van der Waals surface area contributed by atoms with Crippen molar-refractivity contribution in [1.82, 2.24) is 10.6 Å². The highest BCUT2D eigenvalue weighted by Crippen LogP contribution is 2.05. The molecule has 0 saturated carbocycles. The normalized spacial score (nSPS) is 12.6. The third-order valence-corrected chi connectivity index (χ3v) is 3.20. The quantitative estimate of drug-likeness (QED) is 0.249. The Bertz CT molecular complexity index is 276. The zero-order valence-electron chi connectivity index (χ0n) is 13.2. The zero-order chi connectivity index (χ0) is 16.6. The van der Waals surface area contributed by atoms with Crippen molar-refractivity contribution in [3.05, 3.63) is 0 Å². The van der Waals surface area contributed by atoms with Crippen LogP contribution < -0.4 is 10.6 Å². The lowest BCUT2D eigenvalue weighted by Gasteiger charge is -2.10. The molecule has 0 spiro atoms. The fourth-order valence-electron chi connectivity index (χ4n) is 1.36. The SMILES string of the molecule is CC(C)NCCOCCOCCOCC(F)CNC(=O)SS. The van der Waals surface area contributed by atoms with Gasteiger partial charge in [0, 0.05) is 23.4 Å². The average molecular weight is 359 g/mol. The molecular weight excluding hydrogens is 331 g/mol. The Hall–Kier alpha value is -0.0600. The Morgan fingerprint density at radius 2 is 1.73 bits per heavy atom. The minimum atomic E-state index is -1.23. The number of rotatable bonds is 14. The van der Waals surface area contributed by atoms with Crippen molar-refractivity contribution in [1.29, 1.82) is 0 Å². The van der Waals surface area contributed by atoms with Crippen molar-refractivity contribution >= 4 is 27.7 Å². The van der Waals surface area contributed by atoms with E-state index in [1.54, 1.807) is 0 Å². The van der Waals surface area contributed by atoms with E-state index in [-0.39, 0.29) is 18.4 Å². The van der Waals surface area contributed by atoms with Gasteiger partial charge in [-0.25, -0.2) is 4.39 Å². The molecule has 9 heteroatoms. The molecule has 1 atom stereocenters. The lowest BCUT2D eigenvalue weighted by Crippen LogP contribution is -2.29. The summed E-state index contributed by atoms with van der Waals surface area (Å²) in [6.07, 6.45) is -1.23. The lowest BCUT2D eigenvalue weighted by atomic mass is 10.4. The van der Waals surface area contributed by atoms with E-state index in [4.69, 9.17) is 14.2 Å². The number of alkyl halides is 1. The molecule has 6 nitrogen and oxygen atoms in total. The maximum Gasteiger partial charge on any atom is 0.289 e. The molecule has 2 N–H and O–H groups in total. The standard InChI is InChI=1S/C13H27FN2O4S2/c1-11(2)15-3-4-18-5-6-19-7-8-20-10-12(14)9-16-13(17)22-21/h11-12,15,21H,3-10H2,1-2H3,(H,16,17). The maximum absolute atomic E-state index is 13.3. The second kappa shape index (κ2) is 15.8. The number of hydrogen-bond donors (Lipinski definition) is 3. The lowest BCUT2D eigenvalue weighted by molar-refractivity contribution is 0.00444. The molecule has 0 radical (unpaired) electrons. The summed E-state index contributed by atoms with van der Waals surface area (Å²) in [5, 5.41) is 5.23. The van der Waals surface area contributed by atoms with Gasteiger partial charge in [0.15, 0.2) is 0 Å². The van der Waals surface area contributed by atoms with Gasteiger partial charge in [0.2, 0.25) is 0 Å². The van der Waals surface area contributed by atoms with Gasteiger partial charge in [0.05, 0.1) is 46.2 Å². The van der Waals surface area contributed by atoms with Gasteiger partial charge in [-0.15, -0.1) is 11.7 Å². The third kappa shape index (κ3) is 16.3. The van der Waals surface area contributed by atoms with Crippen LogP contribution in [0.5, 0.6) is 0 Å². The Balaban J connectivity index is 3.18. The smallest absolute Gasteiger partial charge is 0.289 e. The molecule has 0 saturated heterocycles. The van der Waals surface area contributed by atoms with Crippen LogP contribution in [-0.4, -0.2) is 70.2 Å². The van der Waals surface area contributed by atoms with Gasteiger partial charge in [-0.3, -0.25) is 4.79 Å². The minimum absolute atomic E-state index is 0.0712. The van der Waals surface area contributed by atoms with E-state index in [9.17, 15) is 9.18 Å². The van der Waals surface area contributed by atoms with E-state index in [0.29, 0.717) is 49.9 Å². The van der Waals surface area contributed by atoms with Crippen molar-refractivity contribution in [2.24, 2.45) is 0 Å². The van der Waals surface area contributed by atoms with Crippen LogP contribution in [0.1, 0.15) is 13.8 Å². The van der Waals surface area contributed by atoms with Crippen molar-refractivity contribution in [2.75, 3.05) is 52.7 Å². The summed E-state index contributed by atoms with van der Waals surface area (Å²) in [7, 11) is 0.714. The summed E-state index contributed by atoms with van der Waals surface area (Å²) in [4.78, 5) is 10.8. The molecule has 1 unspecified atom stereocenters. The molecule has 0 aromatic carbocycles. The van der Waals surface area contributed by atoms with Gasteiger partial charge in [0.25, 0.3) is 5.24 Å². The van der Waals surface area contributed by atoms with E-state index in [1.165, 1.54) is 0 Å². The Morgan fingerprint density at radius 3 is 2.32 bits per heavy atom. The highest BCUT2D eigenvalue weighted by Gasteiger charge is 2.08. The first-order chi connectivity index (χ1) is 10.6. The molecule has 1 amide bonds. The highest BCUT2D eigenvalue weighted by atomic mass is 33.1. The Kier molecular flexibility index (Phi) is 15.8. The first-order valence-corrected chi connectivity index (χ1v) is 9.13. The van der Waals surface area contributed by atoms with E-state index >= 15 is 0 Å². The average Bonchev–Trinajstić information content (AvgIpc) is 2.49. The summed E-state index contributed by atoms with van der Waals surface area (Å²) in [6.45, 7) is 7.20. The van der Waals surface area contributed by atoms with E-state index in [1.807, 2.05) is 0 Å². The number of carbonyl (C=O) groups is 1. The summed E-state index contributed by atoms with van der Waals surface area (Å²) in [6, 6.07) is 0.460. The molecule has 0 aliphatic carbocycles. The molecule has 0 aliphatic heterocycles. The number of thiol groups is 1. The van der Waals surface area contributed by atoms with Crippen molar-refractivity contribution in [3.63, 3.8) is 0 Å². The van der Waals surface area contributed by atoms with E-state index in [2.05, 4.69) is 36.1 Å². The monoisotopic (exact) mass is 358 g/mol. The molecule has 0 aliphatic rings. The molecule has 22 heavy (non-hydrogen) atoms. The molecule has 0 fully saturated rings. The summed E-state index contributed by atoms with van der Waals surface area (Å²) >= 11 is 3.69. The molecule has 0 aromatic heterocycles. The van der Waals surface area contributed by atoms with Crippen LogP contribution in [0.2, 0.25) is 0 Å². The van der Waals surface area contributed by atoms with Crippen LogP contribution in [0.4, 0.5) is 9.18 Å². The second-order valence-electron chi connectivity index (χ2n) is 4.77.